The van der Waals surface area contributed by atoms with Crippen molar-refractivity contribution in [3.05, 3.63) is 56.2 Å². The van der Waals surface area contributed by atoms with E-state index in [1.807, 2.05) is 32.0 Å². The molecular weight excluding hydrogens is 294 g/mol. The summed E-state index contributed by atoms with van der Waals surface area (Å²) < 4.78 is 2.51. The van der Waals surface area contributed by atoms with Crippen molar-refractivity contribution < 1.29 is 0 Å². The third kappa shape index (κ3) is 2.46. The van der Waals surface area contributed by atoms with Crippen molar-refractivity contribution in [1.82, 2.24) is 9.55 Å². The molecule has 18 heavy (non-hydrogen) atoms. The van der Waals surface area contributed by atoms with Crippen molar-refractivity contribution in [1.29, 1.82) is 0 Å². The Labute approximate surface area is 114 Å². The summed E-state index contributed by atoms with van der Waals surface area (Å²) in [6, 6.07) is 7.13. The normalized spacial score (nSPS) is 10.6. The van der Waals surface area contributed by atoms with Gasteiger partial charge in [0, 0.05) is 27.5 Å². The minimum Gasteiger partial charge on any atom is -0.398 e. The van der Waals surface area contributed by atoms with E-state index < -0.39 is 0 Å². The monoisotopic (exact) mass is 307 g/mol. The lowest BCUT2D eigenvalue weighted by molar-refractivity contribution is 0.694. The Balaban J connectivity index is 2.50. The van der Waals surface area contributed by atoms with Gasteiger partial charge in [-0.25, -0.2) is 4.98 Å². The van der Waals surface area contributed by atoms with Gasteiger partial charge in [0.1, 0.15) is 5.82 Å². The molecule has 0 spiro atoms. The highest BCUT2D eigenvalue weighted by molar-refractivity contribution is 9.10. The van der Waals surface area contributed by atoms with Crippen LogP contribution in [0.5, 0.6) is 0 Å². The van der Waals surface area contributed by atoms with E-state index in [1.165, 1.54) is 6.07 Å². The molecule has 5 heteroatoms. The van der Waals surface area contributed by atoms with Gasteiger partial charge in [0.2, 0.25) is 0 Å². The van der Waals surface area contributed by atoms with E-state index in [0.29, 0.717) is 18.1 Å². The highest BCUT2D eigenvalue weighted by Gasteiger charge is 2.09. The van der Waals surface area contributed by atoms with Gasteiger partial charge in [0.25, 0.3) is 5.56 Å². The second-order valence-electron chi connectivity index (χ2n) is 4.18. The molecule has 2 rings (SSSR count). The molecule has 0 aliphatic heterocycles. The Morgan fingerprint density at radius 2 is 2.11 bits per heavy atom. The maximum Gasteiger partial charge on any atom is 0.254 e. The first-order valence-electron chi connectivity index (χ1n) is 5.57. The quantitative estimate of drug-likeness (QED) is 0.866. The Kier molecular flexibility index (Phi) is 3.52. The smallest absolute Gasteiger partial charge is 0.254 e. The molecule has 94 valence electrons. The average Bonchev–Trinajstić information content (AvgIpc) is 2.26. The fourth-order valence-corrected chi connectivity index (χ4v) is 2.36. The second kappa shape index (κ2) is 4.94. The van der Waals surface area contributed by atoms with Gasteiger partial charge in [-0.05, 0) is 26.0 Å². The Hall–Kier alpha value is -1.62. The van der Waals surface area contributed by atoms with Crippen molar-refractivity contribution in [2.24, 2.45) is 0 Å². The lowest BCUT2D eigenvalue weighted by Crippen LogP contribution is -2.24. The Morgan fingerprint density at radius 3 is 2.72 bits per heavy atom. The summed E-state index contributed by atoms with van der Waals surface area (Å²) in [7, 11) is 0. The molecule has 1 aromatic carbocycles. The number of aromatic nitrogens is 2. The van der Waals surface area contributed by atoms with Gasteiger partial charge in [0.15, 0.2) is 0 Å². The molecule has 0 fully saturated rings. The zero-order valence-electron chi connectivity index (χ0n) is 10.3. The van der Waals surface area contributed by atoms with Crippen LogP contribution in [-0.4, -0.2) is 9.55 Å². The molecule has 0 unspecified atom stereocenters. The standard InChI is InChI=1S/C13H14BrN3O/c1-8-6-13(18)17(9(2)16-8)7-10-11(14)4-3-5-12(10)15/h3-6H,7,15H2,1-2H3. The van der Waals surface area contributed by atoms with Crippen LogP contribution in [0.4, 0.5) is 5.69 Å². The number of halogens is 1. The van der Waals surface area contributed by atoms with E-state index in [2.05, 4.69) is 20.9 Å². The maximum atomic E-state index is 12.0. The van der Waals surface area contributed by atoms with Gasteiger partial charge in [0.05, 0.1) is 6.54 Å². The van der Waals surface area contributed by atoms with Gasteiger partial charge >= 0.3 is 0 Å². The van der Waals surface area contributed by atoms with E-state index in [9.17, 15) is 4.79 Å². The SMILES string of the molecule is Cc1cc(=O)n(Cc2c(N)cccc2Br)c(C)n1. The van der Waals surface area contributed by atoms with E-state index >= 15 is 0 Å². The van der Waals surface area contributed by atoms with Gasteiger partial charge in [-0.15, -0.1) is 0 Å². The third-order valence-electron chi connectivity index (χ3n) is 2.80. The number of benzene rings is 1. The van der Waals surface area contributed by atoms with E-state index in [0.717, 1.165) is 15.7 Å². The van der Waals surface area contributed by atoms with Crippen molar-refractivity contribution in [3.63, 3.8) is 0 Å². The summed E-state index contributed by atoms with van der Waals surface area (Å²) in [5.74, 6) is 0.690. The number of aryl methyl sites for hydroxylation is 2. The molecule has 0 bridgehead atoms. The van der Waals surface area contributed by atoms with Crippen LogP contribution >= 0.6 is 15.9 Å². The zero-order valence-corrected chi connectivity index (χ0v) is 11.9. The van der Waals surface area contributed by atoms with Crippen molar-refractivity contribution >= 4 is 21.6 Å². The fourth-order valence-electron chi connectivity index (χ4n) is 1.86. The van der Waals surface area contributed by atoms with Crippen LogP contribution in [0, 0.1) is 13.8 Å². The summed E-state index contributed by atoms with van der Waals surface area (Å²) in [5, 5.41) is 0. The van der Waals surface area contributed by atoms with Gasteiger partial charge in [-0.2, -0.15) is 0 Å². The molecule has 0 atom stereocenters. The number of hydrogen-bond acceptors (Lipinski definition) is 3. The van der Waals surface area contributed by atoms with Crippen LogP contribution in [0.25, 0.3) is 0 Å². The van der Waals surface area contributed by atoms with Crippen molar-refractivity contribution in [2.45, 2.75) is 20.4 Å². The molecule has 1 heterocycles. The number of nitrogens with two attached hydrogens (primary N) is 1. The van der Waals surface area contributed by atoms with Crippen molar-refractivity contribution in [3.8, 4) is 0 Å². The van der Waals surface area contributed by atoms with Crippen LogP contribution in [0.3, 0.4) is 0 Å². The van der Waals surface area contributed by atoms with Gasteiger partial charge < -0.3 is 5.73 Å². The molecule has 0 amide bonds. The molecule has 0 saturated heterocycles. The maximum absolute atomic E-state index is 12.0. The number of hydrogen-bond donors (Lipinski definition) is 1. The predicted molar refractivity (Wildman–Crippen MR) is 75.6 cm³/mol. The Morgan fingerprint density at radius 1 is 1.39 bits per heavy atom. The first kappa shape index (κ1) is 12.8. The van der Waals surface area contributed by atoms with Crippen LogP contribution in [0.1, 0.15) is 17.1 Å². The molecule has 0 saturated carbocycles. The molecule has 0 radical (unpaired) electrons. The third-order valence-corrected chi connectivity index (χ3v) is 3.54. The van der Waals surface area contributed by atoms with E-state index in [-0.39, 0.29) is 5.56 Å². The van der Waals surface area contributed by atoms with E-state index in [1.54, 1.807) is 4.57 Å². The number of nitrogen functional groups attached to an aromatic ring is 1. The fraction of sp³-hybridized carbons (Fsp3) is 0.231. The van der Waals surface area contributed by atoms with Gasteiger partial charge in [-0.3, -0.25) is 9.36 Å². The van der Waals surface area contributed by atoms with Crippen LogP contribution < -0.4 is 11.3 Å². The molecule has 2 N–H and O–H groups in total. The molecule has 0 aliphatic rings. The zero-order chi connectivity index (χ0) is 13.3. The average molecular weight is 308 g/mol. The molecular formula is C13H14BrN3O. The summed E-state index contributed by atoms with van der Waals surface area (Å²) in [6.07, 6.45) is 0. The van der Waals surface area contributed by atoms with Gasteiger partial charge in [-0.1, -0.05) is 22.0 Å². The minimum absolute atomic E-state index is 0.0600. The van der Waals surface area contributed by atoms with Crippen LogP contribution in [0.15, 0.2) is 33.5 Å². The Bertz CT molecular complexity index is 629. The minimum atomic E-state index is -0.0600. The predicted octanol–water partition coefficient (Wildman–Crippen LogP) is 2.25. The topological polar surface area (TPSA) is 60.9 Å². The van der Waals surface area contributed by atoms with E-state index in [4.69, 9.17) is 5.73 Å². The molecule has 0 aliphatic carbocycles. The summed E-state index contributed by atoms with van der Waals surface area (Å²) in [4.78, 5) is 16.3. The number of nitrogens with zero attached hydrogens (tertiary/aromatic N) is 2. The highest BCUT2D eigenvalue weighted by atomic mass is 79.9. The lowest BCUT2D eigenvalue weighted by Gasteiger charge is -2.12. The number of anilines is 1. The lowest BCUT2D eigenvalue weighted by atomic mass is 10.2. The summed E-state index contributed by atoms with van der Waals surface area (Å²) in [6.45, 7) is 4.05. The highest BCUT2D eigenvalue weighted by Crippen LogP contribution is 2.23. The first-order valence-corrected chi connectivity index (χ1v) is 6.36. The molecule has 2 aromatic rings. The second-order valence-corrected chi connectivity index (χ2v) is 5.03. The van der Waals surface area contributed by atoms with Crippen LogP contribution in [0.2, 0.25) is 0 Å². The first-order chi connectivity index (χ1) is 8.49. The summed E-state index contributed by atoms with van der Waals surface area (Å²) >= 11 is 3.45. The number of rotatable bonds is 2. The summed E-state index contributed by atoms with van der Waals surface area (Å²) in [5.41, 5.74) is 8.16. The molecule has 4 nitrogen and oxygen atoms in total. The van der Waals surface area contributed by atoms with Crippen LogP contribution in [-0.2, 0) is 6.54 Å². The van der Waals surface area contributed by atoms with Crippen molar-refractivity contribution in [2.75, 3.05) is 5.73 Å². The largest absolute Gasteiger partial charge is 0.398 e. The molecule has 1 aromatic heterocycles.